The molecule has 98 valence electrons. The van der Waals surface area contributed by atoms with Gasteiger partial charge in [-0.1, -0.05) is 35.0 Å². The molecule has 3 nitrogen and oxygen atoms in total. The van der Waals surface area contributed by atoms with Crippen molar-refractivity contribution in [3.8, 4) is 0 Å². The number of halogens is 2. The highest BCUT2D eigenvalue weighted by atomic mass is 35.5. The first kappa shape index (κ1) is 14.3. The average molecular weight is 313 g/mol. The molecular weight excluding hydrogens is 303 g/mol. The van der Waals surface area contributed by atoms with Crippen molar-refractivity contribution in [2.45, 2.75) is 16.5 Å². The summed E-state index contributed by atoms with van der Waals surface area (Å²) in [5.74, 6) is 0. The number of pyridine rings is 1. The summed E-state index contributed by atoms with van der Waals surface area (Å²) in [6.45, 7) is 0.269. The lowest BCUT2D eigenvalue weighted by atomic mass is 10.2. The molecule has 6 heteroatoms. The Morgan fingerprint density at radius 3 is 2.68 bits per heavy atom. The molecule has 0 saturated carbocycles. The first-order valence-electron chi connectivity index (χ1n) is 5.42. The minimum Gasteiger partial charge on any atom is -0.326 e. The molecule has 0 unspecified atom stereocenters. The molecule has 2 aromatic rings. The van der Waals surface area contributed by atoms with Gasteiger partial charge in [0.2, 0.25) is 0 Å². The maximum Gasteiger partial charge on any atom is 0.152 e. The van der Waals surface area contributed by atoms with Crippen LogP contribution in [0.1, 0.15) is 15.9 Å². The third-order valence-corrected chi connectivity index (χ3v) is 4.47. The Hall–Kier alpha value is -1.07. The fourth-order valence-electron chi connectivity index (χ4n) is 1.55. The zero-order valence-electron chi connectivity index (χ0n) is 9.77. The monoisotopic (exact) mass is 312 g/mol. The maximum atomic E-state index is 11.0. The van der Waals surface area contributed by atoms with Gasteiger partial charge in [0.15, 0.2) is 6.29 Å². The number of hydrogen-bond donors (Lipinski definition) is 1. The van der Waals surface area contributed by atoms with Crippen LogP contribution in [0.4, 0.5) is 0 Å². The van der Waals surface area contributed by atoms with Crippen molar-refractivity contribution in [3.05, 3.63) is 51.6 Å². The highest BCUT2D eigenvalue weighted by Gasteiger charge is 2.14. The summed E-state index contributed by atoms with van der Waals surface area (Å²) in [5, 5.41) is 1.67. The molecule has 0 radical (unpaired) electrons. The van der Waals surface area contributed by atoms with Gasteiger partial charge >= 0.3 is 0 Å². The van der Waals surface area contributed by atoms with Crippen LogP contribution < -0.4 is 5.73 Å². The van der Waals surface area contributed by atoms with Crippen molar-refractivity contribution in [2.75, 3.05) is 0 Å². The fraction of sp³-hybridized carbons (Fsp3) is 0.0769. The van der Waals surface area contributed by atoms with E-state index in [0.717, 1.165) is 16.7 Å². The number of hydrogen-bond acceptors (Lipinski definition) is 4. The van der Waals surface area contributed by atoms with Crippen molar-refractivity contribution < 1.29 is 4.79 Å². The van der Waals surface area contributed by atoms with Crippen LogP contribution in [0.25, 0.3) is 0 Å². The molecule has 0 bridgehead atoms. The molecule has 0 fully saturated rings. The molecule has 1 aromatic heterocycles. The Morgan fingerprint density at radius 2 is 2.00 bits per heavy atom. The number of nitrogens with zero attached hydrogens (tertiary/aromatic N) is 1. The molecular formula is C13H10Cl2N2OS. The molecule has 1 aromatic carbocycles. The Kier molecular flexibility index (Phi) is 4.82. The molecule has 0 aliphatic rings. The van der Waals surface area contributed by atoms with E-state index in [1.807, 2.05) is 0 Å². The maximum absolute atomic E-state index is 11.0. The number of aromatic nitrogens is 1. The number of nitrogens with two attached hydrogens (primary N) is 1. The van der Waals surface area contributed by atoms with Crippen LogP contribution in [0.15, 0.2) is 40.4 Å². The number of benzene rings is 1. The molecule has 0 spiro atoms. The number of carbonyl (C=O) groups excluding carboxylic acids is 1. The van der Waals surface area contributed by atoms with Crippen molar-refractivity contribution in [1.29, 1.82) is 0 Å². The van der Waals surface area contributed by atoms with Crippen LogP contribution in [-0.4, -0.2) is 11.3 Å². The normalized spacial score (nSPS) is 10.5. The lowest BCUT2D eigenvalue weighted by Gasteiger charge is -2.11. The van der Waals surface area contributed by atoms with E-state index in [4.69, 9.17) is 28.9 Å². The third-order valence-electron chi connectivity index (χ3n) is 2.49. The van der Waals surface area contributed by atoms with Crippen LogP contribution >= 0.6 is 35.0 Å². The quantitative estimate of drug-likeness (QED) is 0.872. The summed E-state index contributed by atoms with van der Waals surface area (Å²) in [6.07, 6.45) is 2.38. The summed E-state index contributed by atoms with van der Waals surface area (Å²) in [4.78, 5) is 15.9. The van der Waals surface area contributed by atoms with E-state index < -0.39 is 0 Å². The standard InChI is InChI=1S/C13H10Cl2N2OS/c14-10-3-4-11(15)12(9(10)6-16)19-13-8(7-18)2-1-5-17-13/h1-5,7H,6,16H2. The minimum absolute atomic E-state index is 0.269. The number of aldehydes is 1. The van der Waals surface area contributed by atoms with Gasteiger partial charge in [-0.2, -0.15) is 0 Å². The van der Waals surface area contributed by atoms with Crippen molar-refractivity contribution >= 4 is 41.2 Å². The van der Waals surface area contributed by atoms with Crippen LogP contribution in [0, 0.1) is 0 Å². The zero-order chi connectivity index (χ0) is 13.8. The van der Waals surface area contributed by atoms with Gasteiger partial charge in [-0.25, -0.2) is 4.98 Å². The molecule has 1 heterocycles. The Labute approximate surface area is 125 Å². The third kappa shape index (κ3) is 3.09. The van der Waals surface area contributed by atoms with Gasteiger partial charge in [0, 0.05) is 28.2 Å². The van der Waals surface area contributed by atoms with E-state index in [-0.39, 0.29) is 6.54 Å². The minimum atomic E-state index is 0.269. The predicted molar refractivity (Wildman–Crippen MR) is 78.1 cm³/mol. The van der Waals surface area contributed by atoms with Crippen LogP contribution in [0.5, 0.6) is 0 Å². The summed E-state index contributed by atoms with van der Waals surface area (Å²) in [7, 11) is 0. The summed E-state index contributed by atoms with van der Waals surface area (Å²) in [6, 6.07) is 6.81. The average Bonchev–Trinajstić information content (AvgIpc) is 2.44. The molecule has 2 rings (SSSR count). The lowest BCUT2D eigenvalue weighted by Crippen LogP contribution is -2.00. The first-order chi connectivity index (χ1) is 9.17. The fourth-order valence-corrected chi connectivity index (χ4v) is 3.16. The van der Waals surface area contributed by atoms with Crippen molar-refractivity contribution in [2.24, 2.45) is 5.73 Å². The molecule has 0 aliphatic heterocycles. The largest absolute Gasteiger partial charge is 0.326 e. The van der Waals surface area contributed by atoms with E-state index in [0.29, 0.717) is 20.6 Å². The van der Waals surface area contributed by atoms with Gasteiger partial charge < -0.3 is 5.73 Å². The Morgan fingerprint density at radius 1 is 1.26 bits per heavy atom. The smallest absolute Gasteiger partial charge is 0.152 e. The van der Waals surface area contributed by atoms with E-state index in [2.05, 4.69) is 4.98 Å². The molecule has 0 saturated heterocycles. The highest BCUT2D eigenvalue weighted by molar-refractivity contribution is 7.99. The van der Waals surface area contributed by atoms with Crippen LogP contribution in [0.3, 0.4) is 0 Å². The second-order valence-electron chi connectivity index (χ2n) is 3.66. The molecule has 0 amide bonds. The van der Waals surface area contributed by atoms with Gasteiger partial charge in [-0.3, -0.25) is 4.79 Å². The van der Waals surface area contributed by atoms with E-state index in [1.165, 1.54) is 11.8 Å². The van der Waals surface area contributed by atoms with Gasteiger partial charge in [0.1, 0.15) is 5.03 Å². The van der Waals surface area contributed by atoms with Crippen LogP contribution in [0.2, 0.25) is 10.0 Å². The SMILES string of the molecule is NCc1c(Cl)ccc(Cl)c1Sc1ncccc1C=O. The zero-order valence-corrected chi connectivity index (χ0v) is 12.1. The summed E-state index contributed by atoms with van der Waals surface area (Å²) < 4.78 is 0. The molecule has 19 heavy (non-hydrogen) atoms. The molecule has 0 aliphatic carbocycles. The second-order valence-corrected chi connectivity index (χ2v) is 5.47. The predicted octanol–water partition coefficient (Wildman–Crippen LogP) is 3.81. The number of carbonyl (C=O) groups is 1. The van der Waals surface area contributed by atoms with Gasteiger partial charge in [0.05, 0.1) is 5.02 Å². The van der Waals surface area contributed by atoms with E-state index >= 15 is 0 Å². The van der Waals surface area contributed by atoms with E-state index in [9.17, 15) is 4.79 Å². The first-order valence-corrected chi connectivity index (χ1v) is 6.99. The van der Waals surface area contributed by atoms with E-state index in [1.54, 1.807) is 30.5 Å². The van der Waals surface area contributed by atoms with Crippen molar-refractivity contribution in [3.63, 3.8) is 0 Å². The molecule has 2 N–H and O–H groups in total. The van der Waals surface area contributed by atoms with Gasteiger partial charge in [-0.05, 0) is 29.8 Å². The Balaban J connectivity index is 2.49. The highest BCUT2D eigenvalue weighted by Crippen LogP contribution is 2.38. The number of rotatable bonds is 4. The second kappa shape index (κ2) is 6.39. The molecule has 0 atom stereocenters. The topological polar surface area (TPSA) is 56.0 Å². The summed E-state index contributed by atoms with van der Waals surface area (Å²) in [5.41, 5.74) is 6.96. The van der Waals surface area contributed by atoms with Gasteiger partial charge in [-0.15, -0.1) is 0 Å². The Bertz CT molecular complexity index is 620. The van der Waals surface area contributed by atoms with Gasteiger partial charge in [0.25, 0.3) is 0 Å². The summed E-state index contributed by atoms with van der Waals surface area (Å²) >= 11 is 13.6. The lowest BCUT2D eigenvalue weighted by molar-refractivity contribution is 0.112. The van der Waals surface area contributed by atoms with Crippen molar-refractivity contribution in [1.82, 2.24) is 4.98 Å². The van der Waals surface area contributed by atoms with Crippen LogP contribution in [-0.2, 0) is 6.54 Å².